The van der Waals surface area contributed by atoms with Crippen LogP contribution < -0.4 is 5.32 Å². The zero-order valence-corrected chi connectivity index (χ0v) is 17.8. The summed E-state index contributed by atoms with van der Waals surface area (Å²) in [5, 5.41) is 8.33. The van der Waals surface area contributed by atoms with E-state index in [9.17, 15) is 22.8 Å². The fourth-order valence-corrected chi connectivity index (χ4v) is 4.31. The molecule has 0 unspecified atom stereocenters. The highest BCUT2D eigenvalue weighted by atomic mass is 32.1. The van der Waals surface area contributed by atoms with Gasteiger partial charge in [0.15, 0.2) is 5.69 Å². The fourth-order valence-electron chi connectivity index (χ4n) is 3.62. The molecule has 1 aromatic carbocycles. The van der Waals surface area contributed by atoms with Crippen molar-refractivity contribution in [1.29, 1.82) is 0 Å². The number of carbonyl (C=O) groups excluding carboxylic acids is 2. The Labute approximate surface area is 186 Å². The molecule has 2 aromatic heterocycles. The number of halogens is 3. The zero-order chi connectivity index (χ0) is 22.7. The third-order valence-corrected chi connectivity index (χ3v) is 6.29. The lowest BCUT2D eigenvalue weighted by Crippen LogP contribution is -2.42. The number of alkyl halides is 3. The molecule has 32 heavy (non-hydrogen) atoms. The van der Waals surface area contributed by atoms with Crippen LogP contribution in [0.1, 0.15) is 33.8 Å². The van der Waals surface area contributed by atoms with Crippen molar-refractivity contribution in [3.63, 3.8) is 0 Å². The van der Waals surface area contributed by atoms with Crippen LogP contribution in [0.5, 0.6) is 0 Å². The fraction of sp³-hybridized carbons (Fsp3) is 0.318. The van der Waals surface area contributed by atoms with Gasteiger partial charge in [0, 0.05) is 31.7 Å². The number of rotatable bonds is 5. The van der Waals surface area contributed by atoms with Gasteiger partial charge < -0.3 is 10.2 Å². The normalized spacial score (nSPS) is 15.0. The molecule has 1 saturated heterocycles. The van der Waals surface area contributed by atoms with Crippen molar-refractivity contribution in [3.05, 3.63) is 70.2 Å². The van der Waals surface area contributed by atoms with Crippen molar-refractivity contribution in [2.24, 2.45) is 5.92 Å². The van der Waals surface area contributed by atoms with Crippen molar-refractivity contribution >= 4 is 23.2 Å². The Morgan fingerprint density at radius 3 is 2.41 bits per heavy atom. The van der Waals surface area contributed by atoms with E-state index < -0.39 is 11.9 Å². The highest BCUT2D eigenvalue weighted by Crippen LogP contribution is 2.28. The standard InChI is InChI=1S/C22H21F3N4O2S/c23-22(24,25)19-9-12-29(27-19)17-5-3-15(4-6-17)14-26-20(30)16-7-10-28(11-8-16)21(31)18-2-1-13-32-18/h1-6,9,12-13,16H,7-8,10-11,14H2,(H,26,30). The predicted octanol–water partition coefficient (Wildman–Crippen LogP) is 4.12. The van der Waals surface area contributed by atoms with Crippen LogP contribution in [0.15, 0.2) is 54.0 Å². The molecule has 0 atom stereocenters. The highest BCUT2D eigenvalue weighted by Gasteiger charge is 2.33. The number of amides is 2. The third-order valence-electron chi connectivity index (χ3n) is 5.43. The number of likely N-dealkylation sites (tertiary alicyclic amines) is 1. The molecule has 4 rings (SSSR count). The molecule has 0 bridgehead atoms. The summed E-state index contributed by atoms with van der Waals surface area (Å²) in [4.78, 5) is 27.4. The van der Waals surface area contributed by atoms with E-state index in [0.717, 1.165) is 16.3 Å². The smallest absolute Gasteiger partial charge is 0.352 e. The Kier molecular flexibility index (Phi) is 6.31. The molecule has 0 aliphatic carbocycles. The number of carbonyl (C=O) groups is 2. The Hall–Kier alpha value is -3.14. The highest BCUT2D eigenvalue weighted by molar-refractivity contribution is 7.12. The first-order chi connectivity index (χ1) is 15.3. The van der Waals surface area contributed by atoms with Gasteiger partial charge in [-0.1, -0.05) is 18.2 Å². The van der Waals surface area contributed by atoms with Crippen molar-refractivity contribution in [1.82, 2.24) is 20.0 Å². The lowest BCUT2D eigenvalue weighted by molar-refractivity contribution is -0.141. The maximum atomic E-state index is 12.7. The number of piperidine rings is 1. The van der Waals surface area contributed by atoms with E-state index in [4.69, 9.17) is 0 Å². The molecule has 0 spiro atoms. The maximum Gasteiger partial charge on any atom is 0.435 e. The molecular weight excluding hydrogens is 441 g/mol. The summed E-state index contributed by atoms with van der Waals surface area (Å²) in [6.07, 6.45) is -2.00. The van der Waals surface area contributed by atoms with E-state index in [1.165, 1.54) is 17.5 Å². The van der Waals surface area contributed by atoms with Crippen LogP contribution in [0.2, 0.25) is 0 Å². The number of nitrogens with one attached hydrogen (secondary N) is 1. The van der Waals surface area contributed by atoms with Crippen LogP contribution in [0, 0.1) is 5.92 Å². The van der Waals surface area contributed by atoms with E-state index >= 15 is 0 Å². The van der Waals surface area contributed by atoms with Gasteiger partial charge in [0.25, 0.3) is 5.91 Å². The largest absolute Gasteiger partial charge is 0.435 e. The van der Waals surface area contributed by atoms with Gasteiger partial charge in [0.2, 0.25) is 5.91 Å². The zero-order valence-electron chi connectivity index (χ0n) is 17.0. The summed E-state index contributed by atoms with van der Waals surface area (Å²) in [7, 11) is 0. The molecule has 6 nitrogen and oxygen atoms in total. The minimum atomic E-state index is -4.48. The first kappa shape index (κ1) is 22.1. The van der Waals surface area contributed by atoms with E-state index in [1.54, 1.807) is 35.2 Å². The van der Waals surface area contributed by atoms with Gasteiger partial charge in [-0.05, 0) is 48.1 Å². The predicted molar refractivity (Wildman–Crippen MR) is 113 cm³/mol. The van der Waals surface area contributed by atoms with Gasteiger partial charge in [-0.2, -0.15) is 18.3 Å². The molecule has 0 saturated carbocycles. The maximum absolute atomic E-state index is 12.7. The molecule has 1 aliphatic heterocycles. The van der Waals surface area contributed by atoms with Crippen LogP contribution in [0.3, 0.4) is 0 Å². The van der Waals surface area contributed by atoms with Crippen LogP contribution in [0.4, 0.5) is 13.2 Å². The first-order valence-corrected chi connectivity index (χ1v) is 11.0. The van der Waals surface area contributed by atoms with Gasteiger partial charge in [0.1, 0.15) is 0 Å². The lowest BCUT2D eigenvalue weighted by atomic mass is 9.95. The monoisotopic (exact) mass is 462 g/mol. The Bertz CT molecular complexity index is 1070. The summed E-state index contributed by atoms with van der Waals surface area (Å²) in [6, 6.07) is 11.4. The quantitative estimate of drug-likeness (QED) is 0.620. The third kappa shape index (κ3) is 5.01. The molecular formula is C22H21F3N4O2S. The molecule has 3 aromatic rings. The van der Waals surface area contributed by atoms with E-state index in [-0.39, 0.29) is 17.7 Å². The van der Waals surface area contributed by atoms with E-state index in [1.807, 2.05) is 11.4 Å². The van der Waals surface area contributed by atoms with Crippen LogP contribution in [0.25, 0.3) is 5.69 Å². The second-order valence-electron chi connectivity index (χ2n) is 7.57. The Morgan fingerprint density at radius 1 is 1.09 bits per heavy atom. The molecule has 1 N–H and O–H groups in total. The molecule has 168 valence electrons. The number of hydrogen-bond acceptors (Lipinski definition) is 4. The van der Waals surface area contributed by atoms with Gasteiger partial charge in [0.05, 0.1) is 10.6 Å². The number of benzene rings is 1. The van der Waals surface area contributed by atoms with Gasteiger partial charge in [-0.3, -0.25) is 9.59 Å². The Morgan fingerprint density at radius 2 is 1.81 bits per heavy atom. The average molecular weight is 462 g/mol. The van der Waals surface area contributed by atoms with Crippen LogP contribution >= 0.6 is 11.3 Å². The minimum Gasteiger partial charge on any atom is -0.352 e. The average Bonchev–Trinajstić information content (AvgIpc) is 3.50. The summed E-state index contributed by atoms with van der Waals surface area (Å²) >= 11 is 1.41. The molecule has 1 aliphatic rings. The first-order valence-electron chi connectivity index (χ1n) is 10.1. The number of hydrogen-bond donors (Lipinski definition) is 1. The lowest BCUT2D eigenvalue weighted by Gasteiger charge is -2.31. The van der Waals surface area contributed by atoms with Crippen molar-refractivity contribution in [3.8, 4) is 5.69 Å². The van der Waals surface area contributed by atoms with Crippen LogP contribution in [-0.2, 0) is 17.5 Å². The number of nitrogens with zero attached hydrogens (tertiary/aromatic N) is 3. The van der Waals surface area contributed by atoms with E-state index in [2.05, 4.69) is 10.4 Å². The van der Waals surface area contributed by atoms with E-state index in [0.29, 0.717) is 43.0 Å². The molecule has 10 heteroatoms. The van der Waals surface area contributed by atoms with Gasteiger partial charge in [-0.25, -0.2) is 4.68 Å². The summed E-state index contributed by atoms with van der Waals surface area (Å²) in [5.41, 5.74) is 0.381. The van der Waals surface area contributed by atoms with Gasteiger partial charge >= 0.3 is 6.18 Å². The number of thiophene rings is 1. The minimum absolute atomic E-state index is 0.0125. The summed E-state index contributed by atoms with van der Waals surface area (Å²) in [6.45, 7) is 1.42. The van der Waals surface area contributed by atoms with Gasteiger partial charge in [-0.15, -0.1) is 11.3 Å². The summed E-state index contributed by atoms with van der Waals surface area (Å²) < 4.78 is 39.3. The topological polar surface area (TPSA) is 67.2 Å². The molecule has 1 fully saturated rings. The molecule has 3 heterocycles. The SMILES string of the molecule is O=C(NCc1ccc(-n2ccc(C(F)(F)F)n2)cc1)C1CCN(C(=O)c2cccs2)CC1. The summed E-state index contributed by atoms with van der Waals surface area (Å²) in [5.74, 6) is -0.191. The number of aromatic nitrogens is 2. The molecule has 0 radical (unpaired) electrons. The van der Waals surface area contributed by atoms with Crippen molar-refractivity contribution < 1.29 is 22.8 Å². The van der Waals surface area contributed by atoms with Crippen LogP contribution in [-0.4, -0.2) is 39.6 Å². The Balaban J connectivity index is 1.26. The van der Waals surface area contributed by atoms with Crippen molar-refractivity contribution in [2.75, 3.05) is 13.1 Å². The van der Waals surface area contributed by atoms with Crippen molar-refractivity contribution in [2.45, 2.75) is 25.6 Å². The second kappa shape index (κ2) is 9.15. The molecule has 2 amide bonds. The second-order valence-corrected chi connectivity index (χ2v) is 8.52.